The van der Waals surface area contributed by atoms with Gasteiger partial charge >= 0.3 is 0 Å². The molecule has 0 aliphatic carbocycles. The Morgan fingerprint density at radius 3 is 2.26 bits per heavy atom. The van der Waals surface area contributed by atoms with Crippen LogP contribution in [0.5, 0.6) is 17.4 Å². The van der Waals surface area contributed by atoms with Crippen molar-refractivity contribution in [3.05, 3.63) is 71.7 Å². The molecule has 0 saturated heterocycles. The van der Waals surface area contributed by atoms with Crippen molar-refractivity contribution in [3.63, 3.8) is 0 Å². The van der Waals surface area contributed by atoms with Gasteiger partial charge in [0.1, 0.15) is 11.5 Å². The predicted molar refractivity (Wildman–Crippen MR) is 132 cm³/mol. The first-order valence-corrected chi connectivity index (χ1v) is 11.7. The van der Waals surface area contributed by atoms with E-state index in [-0.39, 0.29) is 0 Å². The summed E-state index contributed by atoms with van der Waals surface area (Å²) in [5.74, 6) is 1.17. The minimum Gasteiger partial charge on any atom is -0.497 e. The molecule has 0 bridgehead atoms. The molecule has 0 spiro atoms. The average molecular weight is 464 g/mol. The molecule has 7 heteroatoms. The summed E-state index contributed by atoms with van der Waals surface area (Å²) in [5, 5.41) is 4.91. The lowest BCUT2D eigenvalue weighted by molar-refractivity contribution is 0.0997. The van der Waals surface area contributed by atoms with E-state index in [1.54, 1.807) is 35.1 Å². The molecule has 0 radical (unpaired) electrons. The lowest BCUT2D eigenvalue weighted by Gasteiger charge is -2.13. The summed E-state index contributed by atoms with van der Waals surface area (Å²) in [6, 6.07) is 16.5. The van der Waals surface area contributed by atoms with Gasteiger partial charge in [-0.3, -0.25) is 4.79 Å². The molecular weight excluding hydrogens is 430 g/mol. The Morgan fingerprint density at radius 2 is 1.59 bits per heavy atom. The molecule has 0 N–H and O–H groups in total. The third kappa shape index (κ3) is 7.20. The van der Waals surface area contributed by atoms with Gasteiger partial charge in [0.25, 0.3) is 5.91 Å². The zero-order valence-corrected chi connectivity index (χ0v) is 20.2. The molecule has 0 aliphatic rings. The van der Waals surface area contributed by atoms with Crippen LogP contribution >= 0.6 is 0 Å². The van der Waals surface area contributed by atoms with E-state index in [4.69, 9.17) is 14.2 Å². The highest BCUT2D eigenvalue weighted by Gasteiger charge is 2.10. The standard InChI is InChI=1S/C27H33N3O4/c1-4-5-6-7-8-12-15-34-26-18-22(20-28-30(26)23-13-10-9-11-14-23)29-27(31)21-16-24(32-2)19-25(17-21)33-3/h9-11,13-14,16-20H,4-8,12,15H2,1-3H3/b29-22+. The lowest BCUT2D eigenvalue weighted by atomic mass is 10.1. The molecule has 0 atom stereocenters. The molecule has 0 unspecified atom stereocenters. The SMILES string of the molecule is CCCCCCCCOc1c/c(=N\C(=O)c2cc(OC)cc(OC)c2)cnn1-c1ccccc1. The number of para-hydroxylation sites is 1. The Morgan fingerprint density at radius 1 is 0.912 bits per heavy atom. The normalized spacial score (nSPS) is 11.3. The van der Waals surface area contributed by atoms with Gasteiger partial charge in [-0.25, -0.2) is 9.67 Å². The van der Waals surface area contributed by atoms with Crippen molar-refractivity contribution in [3.8, 4) is 23.1 Å². The number of hydrogen-bond acceptors (Lipinski definition) is 5. The van der Waals surface area contributed by atoms with Crippen molar-refractivity contribution >= 4 is 5.91 Å². The topological polar surface area (TPSA) is 74.9 Å². The van der Waals surface area contributed by atoms with Crippen LogP contribution in [0.2, 0.25) is 0 Å². The fraction of sp³-hybridized carbons (Fsp3) is 0.370. The molecule has 180 valence electrons. The molecule has 0 fully saturated rings. The maximum absolute atomic E-state index is 12.8. The summed E-state index contributed by atoms with van der Waals surface area (Å²) in [7, 11) is 3.08. The van der Waals surface area contributed by atoms with Gasteiger partial charge in [-0.15, -0.1) is 0 Å². The van der Waals surface area contributed by atoms with E-state index in [9.17, 15) is 4.79 Å². The number of unbranched alkanes of at least 4 members (excludes halogenated alkanes) is 5. The van der Waals surface area contributed by atoms with Gasteiger partial charge in [-0.2, -0.15) is 5.10 Å². The summed E-state index contributed by atoms with van der Waals surface area (Å²) < 4.78 is 18.3. The summed E-state index contributed by atoms with van der Waals surface area (Å²) in [5.41, 5.74) is 1.24. The molecule has 3 rings (SSSR count). The van der Waals surface area contributed by atoms with Crippen LogP contribution in [0.1, 0.15) is 55.8 Å². The Labute approximate surface area is 201 Å². The van der Waals surface area contributed by atoms with Crippen molar-refractivity contribution in [1.82, 2.24) is 9.78 Å². The van der Waals surface area contributed by atoms with Crippen LogP contribution in [0.4, 0.5) is 0 Å². The van der Waals surface area contributed by atoms with Crippen molar-refractivity contribution in [2.45, 2.75) is 45.4 Å². The molecule has 0 saturated carbocycles. The Hall–Kier alpha value is -3.61. The molecule has 3 aromatic rings. The molecule has 1 heterocycles. The first-order valence-electron chi connectivity index (χ1n) is 11.7. The zero-order chi connectivity index (χ0) is 24.2. The molecule has 7 nitrogen and oxygen atoms in total. The van der Waals surface area contributed by atoms with Gasteiger partial charge < -0.3 is 14.2 Å². The number of hydrogen-bond donors (Lipinski definition) is 0. The smallest absolute Gasteiger partial charge is 0.277 e. The predicted octanol–water partition coefficient (Wildman–Crippen LogP) is 5.37. The first-order chi connectivity index (χ1) is 16.6. The Bertz CT molecular complexity index is 1100. The third-order valence-electron chi connectivity index (χ3n) is 5.36. The number of benzene rings is 2. The second-order valence-electron chi connectivity index (χ2n) is 7.93. The van der Waals surface area contributed by atoms with E-state index in [2.05, 4.69) is 17.0 Å². The molecule has 0 aliphatic heterocycles. The molecule has 1 amide bonds. The number of carbonyl (C=O) groups is 1. The van der Waals surface area contributed by atoms with Crippen molar-refractivity contribution < 1.29 is 19.0 Å². The number of amides is 1. The van der Waals surface area contributed by atoms with Gasteiger partial charge in [-0.1, -0.05) is 57.2 Å². The molecule has 1 aromatic heterocycles. The van der Waals surface area contributed by atoms with Crippen molar-refractivity contribution in [1.29, 1.82) is 0 Å². The zero-order valence-electron chi connectivity index (χ0n) is 20.2. The number of ether oxygens (including phenoxy) is 3. The second-order valence-corrected chi connectivity index (χ2v) is 7.93. The number of aromatic nitrogens is 2. The highest BCUT2D eigenvalue weighted by Crippen LogP contribution is 2.23. The number of nitrogens with zero attached hydrogens (tertiary/aromatic N) is 3. The Kier molecular flexibility index (Phi) is 9.70. The van der Waals surface area contributed by atoms with Gasteiger partial charge in [-0.05, 0) is 30.7 Å². The highest BCUT2D eigenvalue weighted by atomic mass is 16.5. The molecular formula is C27H33N3O4. The number of rotatable bonds is 12. The van der Waals surface area contributed by atoms with Crippen molar-refractivity contribution in [2.75, 3.05) is 20.8 Å². The maximum atomic E-state index is 12.8. The van der Waals surface area contributed by atoms with E-state index < -0.39 is 5.91 Å². The summed E-state index contributed by atoms with van der Waals surface area (Å²) in [6.45, 7) is 2.79. The van der Waals surface area contributed by atoms with E-state index in [0.29, 0.717) is 34.9 Å². The largest absolute Gasteiger partial charge is 0.497 e. The average Bonchev–Trinajstić information content (AvgIpc) is 2.88. The van der Waals surface area contributed by atoms with Gasteiger partial charge in [0.2, 0.25) is 5.88 Å². The monoisotopic (exact) mass is 463 g/mol. The third-order valence-corrected chi connectivity index (χ3v) is 5.36. The highest BCUT2D eigenvalue weighted by molar-refractivity contribution is 5.95. The lowest BCUT2D eigenvalue weighted by Crippen LogP contribution is -2.16. The van der Waals surface area contributed by atoms with E-state index in [1.807, 2.05) is 30.3 Å². The van der Waals surface area contributed by atoms with Crippen LogP contribution in [0.25, 0.3) is 5.69 Å². The van der Waals surface area contributed by atoms with Crippen LogP contribution in [-0.2, 0) is 0 Å². The summed E-state index contributed by atoms with van der Waals surface area (Å²) >= 11 is 0. The second kappa shape index (κ2) is 13.2. The van der Waals surface area contributed by atoms with E-state index in [0.717, 1.165) is 18.5 Å². The molecule has 2 aromatic carbocycles. The van der Waals surface area contributed by atoms with E-state index in [1.165, 1.54) is 39.9 Å². The fourth-order valence-electron chi connectivity index (χ4n) is 3.50. The van der Waals surface area contributed by atoms with Crippen LogP contribution < -0.4 is 19.6 Å². The van der Waals surface area contributed by atoms with Crippen LogP contribution in [0.15, 0.2) is 65.8 Å². The van der Waals surface area contributed by atoms with Gasteiger partial charge in [0.15, 0.2) is 0 Å². The van der Waals surface area contributed by atoms with Crippen molar-refractivity contribution in [2.24, 2.45) is 4.99 Å². The van der Waals surface area contributed by atoms with E-state index >= 15 is 0 Å². The minimum atomic E-state index is -0.418. The Balaban J connectivity index is 1.83. The summed E-state index contributed by atoms with van der Waals surface area (Å²) in [6.07, 6.45) is 8.61. The number of methoxy groups -OCH3 is 2. The van der Waals surface area contributed by atoms with Crippen LogP contribution in [0, 0.1) is 0 Å². The van der Waals surface area contributed by atoms with Gasteiger partial charge in [0.05, 0.1) is 38.1 Å². The number of carbonyl (C=O) groups excluding carboxylic acids is 1. The maximum Gasteiger partial charge on any atom is 0.277 e. The first kappa shape index (κ1) is 25.0. The van der Waals surface area contributed by atoms with Crippen LogP contribution in [0.3, 0.4) is 0 Å². The minimum absolute atomic E-state index is 0.366. The van der Waals surface area contributed by atoms with Gasteiger partial charge in [0, 0.05) is 17.7 Å². The summed E-state index contributed by atoms with van der Waals surface area (Å²) in [4.78, 5) is 17.1. The quantitative estimate of drug-likeness (QED) is 0.338. The fourth-order valence-corrected chi connectivity index (χ4v) is 3.50. The molecule has 34 heavy (non-hydrogen) atoms. The van der Waals surface area contributed by atoms with Crippen LogP contribution in [-0.4, -0.2) is 36.5 Å².